The van der Waals surface area contributed by atoms with E-state index in [9.17, 15) is 14.7 Å². The van der Waals surface area contributed by atoms with E-state index in [1.165, 1.54) is 19.1 Å². The zero-order valence-electron chi connectivity index (χ0n) is 10.4. The lowest BCUT2D eigenvalue weighted by molar-refractivity contribution is -0.144. The molecule has 0 spiro atoms. The van der Waals surface area contributed by atoms with Crippen molar-refractivity contribution in [3.63, 3.8) is 0 Å². The second-order valence-corrected chi connectivity index (χ2v) is 5.83. The Balaban J connectivity index is 2.28. The lowest BCUT2D eigenvalue weighted by Crippen LogP contribution is -2.41. The molecular weight excluding hydrogens is 298 g/mol. The van der Waals surface area contributed by atoms with Gasteiger partial charge in [0.1, 0.15) is 16.1 Å². The van der Waals surface area contributed by atoms with E-state index in [-0.39, 0.29) is 10.1 Å². The molecule has 5 nitrogen and oxygen atoms in total. The molecule has 1 fully saturated rings. The maximum Gasteiger partial charge on any atom is 0.326 e. The SMILES string of the molecule is C[C@@H](C(=O)O)N1C(=O)/C(=C/c2ccc(O)cc2)SC1=S. The molecule has 0 aliphatic carbocycles. The molecule has 104 valence electrons. The Bertz CT molecular complexity index is 609. The number of carboxylic acids is 1. The van der Waals surface area contributed by atoms with Crippen LogP contribution in [0, 0.1) is 0 Å². The summed E-state index contributed by atoms with van der Waals surface area (Å²) in [6.07, 6.45) is 1.62. The molecule has 20 heavy (non-hydrogen) atoms. The lowest BCUT2D eigenvalue weighted by atomic mass is 10.2. The molecule has 1 amide bonds. The van der Waals surface area contributed by atoms with Crippen LogP contribution in [-0.4, -0.2) is 37.4 Å². The van der Waals surface area contributed by atoms with Crippen molar-refractivity contribution in [1.29, 1.82) is 0 Å². The molecule has 0 unspecified atom stereocenters. The Morgan fingerprint density at radius 3 is 2.55 bits per heavy atom. The molecule has 1 aliphatic rings. The third-order valence-corrected chi connectivity index (χ3v) is 4.09. The van der Waals surface area contributed by atoms with Crippen LogP contribution in [0.15, 0.2) is 29.2 Å². The van der Waals surface area contributed by atoms with Gasteiger partial charge < -0.3 is 10.2 Å². The minimum Gasteiger partial charge on any atom is -0.508 e. The van der Waals surface area contributed by atoms with E-state index in [4.69, 9.17) is 17.3 Å². The monoisotopic (exact) mass is 309 g/mol. The van der Waals surface area contributed by atoms with Crippen LogP contribution >= 0.6 is 24.0 Å². The van der Waals surface area contributed by atoms with Gasteiger partial charge in [-0.2, -0.15) is 0 Å². The zero-order chi connectivity index (χ0) is 14.9. The second-order valence-electron chi connectivity index (χ2n) is 4.16. The van der Waals surface area contributed by atoms with Gasteiger partial charge in [-0.1, -0.05) is 36.1 Å². The van der Waals surface area contributed by atoms with E-state index in [1.807, 2.05) is 0 Å². The van der Waals surface area contributed by atoms with Crippen LogP contribution in [0.2, 0.25) is 0 Å². The van der Waals surface area contributed by atoms with Crippen molar-refractivity contribution in [1.82, 2.24) is 4.90 Å². The van der Waals surface area contributed by atoms with Crippen LogP contribution in [0.1, 0.15) is 12.5 Å². The standard InChI is InChI=1S/C13H11NO4S2/c1-7(12(17)18)14-11(16)10(20-13(14)19)6-8-2-4-9(15)5-3-8/h2-7,15H,1H3,(H,17,18)/b10-6-/t7-/m0/s1. The van der Waals surface area contributed by atoms with Gasteiger partial charge >= 0.3 is 5.97 Å². The zero-order valence-corrected chi connectivity index (χ0v) is 12.1. The molecule has 1 aromatic rings. The van der Waals surface area contributed by atoms with Gasteiger partial charge in [0.15, 0.2) is 0 Å². The molecule has 1 saturated heterocycles. The van der Waals surface area contributed by atoms with Crippen molar-refractivity contribution in [2.75, 3.05) is 0 Å². The Kier molecular flexibility index (Phi) is 4.10. The largest absolute Gasteiger partial charge is 0.508 e. The number of amides is 1. The number of nitrogens with zero attached hydrogens (tertiary/aromatic N) is 1. The van der Waals surface area contributed by atoms with Crippen molar-refractivity contribution in [2.24, 2.45) is 0 Å². The number of carbonyl (C=O) groups is 2. The molecular formula is C13H11NO4S2. The first-order valence-corrected chi connectivity index (χ1v) is 6.91. The second kappa shape index (κ2) is 5.64. The third-order valence-electron chi connectivity index (χ3n) is 2.76. The summed E-state index contributed by atoms with van der Waals surface area (Å²) in [6.45, 7) is 1.41. The highest BCUT2D eigenvalue weighted by Gasteiger charge is 2.38. The first-order chi connectivity index (χ1) is 9.40. The van der Waals surface area contributed by atoms with Gasteiger partial charge in [0, 0.05) is 0 Å². The number of aromatic hydroxyl groups is 1. The first kappa shape index (κ1) is 14.5. The number of hydrogen-bond donors (Lipinski definition) is 2. The first-order valence-electron chi connectivity index (χ1n) is 5.69. The van der Waals surface area contributed by atoms with E-state index >= 15 is 0 Å². The van der Waals surface area contributed by atoms with Gasteiger partial charge in [-0.05, 0) is 30.7 Å². The van der Waals surface area contributed by atoms with Crippen LogP contribution in [0.25, 0.3) is 6.08 Å². The summed E-state index contributed by atoms with van der Waals surface area (Å²) >= 11 is 6.12. The maximum absolute atomic E-state index is 12.2. The highest BCUT2D eigenvalue weighted by atomic mass is 32.2. The summed E-state index contributed by atoms with van der Waals surface area (Å²) < 4.78 is 0.231. The number of carbonyl (C=O) groups excluding carboxylic acids is 1. The van der Waals surface area contributed by atoms with E-state index in [0.717, 1.165) is 22.2 Å². The van der Waals surface area contributed by atoms with Crippen molar-refractivity contribution < 1.29 is 19.8 Å². The summed E-state index contributed by atoms with van der Waals surface area (Å²) in [6, 6.07) is 5.33. The fourth-order valence-corrected chi connectivity index (χ4v) is 3.06. The average molecular weight is 309 g/mol. The van der Waals surface area contributed by atoms with E-state index in [0.29, 0.717) is 4.91 Å². The van der Waals surface area contributed by atoms with Crippen molar-refractivity contribution in [3.8, 4) is 5.75 Å². The molecule has 0 bridgehead atoms. The summed E-state index contributed by atoms with van der Waals surface area (Å²) in [5, 5.41) is 18.2. The van der Waals surface area contributed by atoms with Crippen molar-refractivity contribution in [2.45, 2.75) is 13.0 Å². The Hall–Kier alpha value is -1.86. The summed E-state index contributed by atoms with van der Waals surface area (Å²) in [4.78, 5) is 24.6. The molecule has 7 heteroatoms. The minimum atomic E-state index is -1.10. The smallest absolute Gasteiger partial charge is 0.326 e. The Morgan fingerprint density at radius 1 is 1.40 bits per heavy atom. The number of rotatable bonds is 3. The Labute approximate surface area is 124 Å². The van der Waals surface area contributed by atoms with Crippen LogP contribution in [0.4, 0.5) is 0 Å². The third kappa shape index (κ3) is 2.83. The number of benzene rings is 1. The lowest BCUT2D eigenvalue weighted by Gasteiger charge is -2.18. The van der Waals surface area contributed by atoms with Gasteiger partial charge in [0.25, 0.3) is 5.91 Å². The predicted octanol–water partition coefficient (Wildman–Crippen LogP) is 2.07. The van der Waals surface area contributed by atoms with Gasteiger partial charge in [-0.25, -0.2) is 4.79 Å². The Morgan fingerprint density at radius 2 is 2.00 bits per heavy atom. The predicted molar refractivity (Wildman–Crippen MR) is 80.2 cm³/mol. The van der Waals surface area contributed by atoms with E-state index < -0.39 is 17.9 Å². The summed E-state index contributed by atoms with van der Waals surface area (Å²) in [5.74, 6) is -1.38. The van der Waals surface area contributed by atoms with E-state index in [2.05, 4.69) is 0 Å². The molecule has 1 atom stereocenters. The molecule has 2 rings (SSSR count). The molecule has 0 radical (unpaired) electrons. The van der Waals surface area contributed by atoms with Crippen LogP contribution < -0.4 is 0 Å². The fourth-order valence-electron chi connectivity index (χ4n) is 1.65. The topological polar surface area (TPSA) is 77.8 Å². The van der Waals surface area contributed by atoms with Crippen molar-refractivity contribution in [3.05, 3.63) is 34.7 Å². The number of aliphatic carboxylic acids is 1. The van der Waals surface area contributed by atoms with Gasteiger partial charge in [0.05, 0.1) is 4.91 Å². The quantitative estimate of drug-likeness (QED) is 0.657. The van der Waals surface area contributed by atoms with Gasteiger partial charge in [-0.3, -0.25) is 9.69 Å². The number of thiocarbonyl (C=S) groups is 1. The molecule has 0 saturated carbocycles. The molecule has 1 aliphatic heterocycles. The molecule has 1 heterocycles. The minimum absolute atomic E-state index is 0.134. The summed E-state index contributed by atoms with van der Waals surface area (Å²) in [7, 11) is 0. The number of phenols is 1. The summed E-state index contributed by atoms with van der Waals surface area (Å²) in [5.41, 5.74) is 0.728. The van der Waals surface area contributed by atoms with Gasteiger partial charge in [0.2, 0.25) is 0 Å². The number of hydrogen-bond acceptors (Lipinski definition) is 5. The van der Waals surface area contributed by atoms with Crippen molar-refractivity contribution >= 4 is 46.3 Å². The van der Waals surface area contributed by atoms with E-state index in [1.54, 1.807) is 18.2 Å². The average Bonchev–Trinajstić information content (AvgIpc) is 2.66. The molecule has 1 aromatic carbocycles. The van der Waals surface area contributed by atoms with Gasteiger partial charge in [-0.15, -0.1) is 0 Å². The normalized spacial score (nSPS) is 18.6. The number of carboxylic acid groups (broad SMARTS) is 1. The highest BCUT2D eigenvalue weighted by molar-refractivity contribution is 8.26. The van der Waals surface area contributed by atoms with Crippen LogP contribution in [0.5, 0.6) is 5.75 Å². The molecule has 0 aromatic heterocycles. The number of thioether (sulfide) groups is 1. The fraction of sp³-hybridized carbons (Fsp3) is 0.154. The van der Waals surface area contributed by atoms with Crippen LogP contribution in [0.3, 0.4) is 0 Å². The maximum atomic E-state index is 12.2. The molecule has 2 N–H and O–H groups in total. The number of phenolic OH excluding ortho intramolecular Hbond substituents is 1. The van der Waals surface area contributed by atoms with Crippen LogP contribution in [-0.2, 0) is 9.59 Å². The highest BCUT2D eigenvalue weighted by Crippen LogP contribution is 2.34.